The monoisotopic (exact) mass is 514 g/mol. The molecule has 2 N–H and O–H groups in total. The van der Waals surface area contributed by atoms with Gasteiger partial charge in [-0.15, -0.1) is 0 Å². The lowest BCUT2D eigenvalue weighted by Gasteiger charge is -2.48. The summed E-state index contributed by atoms with van der Waals surface area (Å²) < 4.78 is 24.1. The van der Waals surface area contributed by atoms with Crippen LogP contribution < -0.4 is 25.6 Å². The molecule has 2 saturated heterocycles. The second-order valence-corrected chi connectivity index (χ2v) is 13.0. The Labute approximate surface area is 209 Å². The number of nitrogens with zero attached hydrogens (tertiary/aromatic N) is 4. The zero-order valence-corrected chi connectivity index (χ0v) is 21.6. The molecule has 1 aromatic carbocycles. The fraction of sp³-hybridized carbons (Fsp3) is 0.375. The van der Waals surface area contributed by atoms with Gasteiger partial charge in [0.2, 0.25) is 5.95 Å². The van der Waals surface area contributed by atoms with Crippen LogP contribution in [0.3, 0.4) is 0 Å². The van der Waals surface area contributed by atoms with Crippen LogP contribution in [0, 0.1) is 5.41 Å². The highest BCUT2D eigenvalue weighted by Crippen LogP contribution is 2.45. The summed E-state index contributed by atoms with van der Waals surface area (Å²) in [6, 6.07) is 9.26. The van der Waals surface area contributed by atoms with Crippen molar-refractivity contribution in [3.05, 3.63) is 47.7 Å². The highest BCUT2D eigenvalue weighted by molar-refractivity contribution is 7.70. The van der Waals surface area contributed by atoms with Crippen LogP contribution in [0.25, 0.3) is 0 Å². The molecule has 0 saturated carbocycles. The molecule has 0 atom stereocenters. The van der Waals surface area contributed by atoms with E-state index >= 15 is 0 Å². The maximum Gasteiger partial charge on any atom is 0.229 e. The fourth-order valence-corrected chi connectivity index (χ4v) is 5.88. The second kappa shape index (κ2) is 9.30. The van der Waals surface area contributed by atoms with E-state index in [1.54, 1.807) is 26.6 Å². The van der Waals surface area contributed by atoms with Gasteiger partial charge in [0.15, 0.2) is 17.4 Å². The summed E-state index contributed by atoms with van der Waals surface area (Å²) in [7, 11) is -0.883. The Hall–Kier alpha value is -2.87. The van der Waals surface area contributed by atoms with Gasteiger partial charge >= 0.3 is 0 Å². The average molecular weight is 515 g/mol. The van der Waals surface area contributed by atoms with Crippen molar-refractivity contribution in [1.29, 1.82) is 0 Å². The Bertz CT molecular complexity index is 1290. The van der Waals surface area contributed by atoms with Crippen molar-refractivity contribution in [1.82, 2.24) is 15.0 Å². The van der Waals surface area contributed by atoms with Gasteiger partial charge in [-0.2, -0.15) is 4.98 Å². The number of nitrogens with one attached hydrogen (secondary N) is 2. The standard InChI is InChI=1S/C24H28ClN6O3P/c1-33-20-18(8-10-26-22(20)31-13-24(14-31)9-11-34-15-24)29-23-27-12-16(25)21(30-23)28-17-6-4-5-7-19(17)35(2,3)32/h4-8,10,12H,9,11,13-15H2,1-3H3,(H2,26,27,28,29,30). The van der Waals surface area contributed by atoms with Crippen molar-refractivity contribution in [2.24, 2.45) is 5.41 Å². The summed E-state index contributed by atoms with van der Waals surface area (Å²) in [5.41, 5.74) is 1.62. The Kier molecular flexibility index (Phi) is 6.34. The largest absolute Gasteiger partial charge is 0.491 e. The van der Waals surface area contributed by atoms with E-state index in [-0.39, 0.29) is 5.41 Å². The van der Waals surface area contributed by atoms with E-state index in [1.165, 1.54) is 6.20 Å². The van der Waals surface area contributed by atoms with Gasteiger partial charge in [-0.1, -0.05) is 23.7 Å². The summed E-state index contributed by atoms with van der Waals surface area (Å²) in [4.78, 5) is 15.7. The van der Waals surface area contributed by atoms with Crippen molar-refractivity contribution in [2.45, 2.75) is 6.42 Å². The van der Waals surface area contributed by atoms with Crippen LogP contribution in [0.2, 0.25) is 5.02 Å². The van der Waals surface area contributed by atoms with Gasteiger partial charge < -0.3 is 29.6 Å². The molecular formula is C24H28ClN6O3P. The molecule has 2 aliphatic heterocycles. The molecule has 3 aromatic rings. The quantitative estimate of drug-likeness (QED) is 0.441. The van der Waals surface area contributed by atoms with Gasteiger partial charge in [0.05, 0.1) is 31.3 Å². The van der Waals surface area contributed by atoms with Crippen LogP contribution >= 0.6 is 18.7 Å². The number of ether oxygens (including phenoxy) is 2. The van der Waals surface area contributed by atoms with E-state index in [0.717, 1.165) is 43.8 Å². The van der Waals surface area contributed by atoms with E-state index in [1.807, 2.05) is 30.3 Å². The SMILES string of the molecule is COc1c(Nc2ncc(Cl)c(Nc3ccccc3P(C)(C)=O)n2)ccnc1N1CC2(CCOC2)C1. The summed E-state index contributed by atoms with van der Waals surface area (Å²) in [6.07, 6.45) is 4.33. The fourth-order valence-electron chi connectivity index (χ4n) is 4.59. The minimum atomic E-state index is -2.51. The van der Waals surface area contributed by atoms with Gasteiger partial charge in [-0.25, -0.2) is 9.97 Å². The number of anilines is 5. The molecule has 0 radical (unpaired) electrons. The molecule has 0 unspecified atom stereocenters. The molecule has 0 bridgehead atoms. The zero-order valence-electron chi connectivity index (χ0n) is 19.9. The third kappa shape index (κ3) is 4.81. The van der Waals surface area contributed by atoms with Gasteiger partial charge in [0.25, 0.3) is 0 Å². The van der Waals surface area contributed by atoms with Gasteiger partial charge in [0, 0.05) is 36.6 Å². The van der Waals surface area contributed by atoms with Crippen LogP contribution in [0.1, 0.15) is 6.42 Å². The lowest BCUT2D eigenvalue weighted by atomic mass is 9.79. The van der Waals surface area contributed by atoms with E-state index in [2.05, 4.69) is 30.5 Å². The number of pyridine rings is 1. The van der Waals surface area contributed by atoms with Crippen LogP contribution in [0.5, 0.6) is 5.75 Å². The Morgan fingerprint density at radius 3 is 2.66 bits per heavy atom. The van der Waals surface area contributed by atoms with Crippen molar-refractivity contribution in [3.8, 4) is 5.75 Å². The smallest absolute Gasteiger partial charge is 0.229 e. The number of halogens is 1. The first-order valence-electron chi connectivity index (χ1n) is 11.3. The highest BCUT2D eigenvalue weighted by Gasteiger charge is 2.47. The molecule has 0 aliphatic carbocycles. The van der Waals surface area contributed by atoms with E-state index in [4.69, 9.17) is 21.1 Å². The van der Waals surface area contributed by atoms with Gasteiger partial charge in [0.1, 0.15) is 12.2 Å². The first kappa shape index (κ1) is 23.9. The van der Waals surface area contributed by atoms with Crippen LogP contribution in [0.15, 0.2) is 42.7 Å². The Morgan fingerprint density at radius 1 is 1.14 bits per heavy atom. The summed E-state index contributed by atoms with van der Waals surface area (Å²) in [5.74, 6) is 2.14. The van der Waals surface area contributed by atoms with E-state index in [0.29, 0.717) is 33.9 Å². The highest BCUT2D eigenvalue weighted by atomic mass is 35.5. The number of hydrogen-bond donors (Lipinski definition) is 2. The topological polar surface area (TPSA) is 102 Å². The third-order valence-electron chi connectivity index (χ3n) is 6.35. The average Bonchev–Trinajstić information content (AvgIpc) is 3.30. The second-order valence-electron chi connectivity index (χ2n) is 9.38. The van der Waals surface area contributed by atoms with Crippen LogP contribution in [-0.4, -0.2) is 61.7 Å². The van der Waals surface area contributed by atoms with Crippen molar-refractivity contribution in [3.63, 3.8) is 0 Å². The first-order chi connectivity index (χ1) is 16.8. The molecule has 4 heterocycles. The normalized spacial score (nSPS) is 16.7. The van der Waals surface area contributed by atoms with Crippen LogP contribution in [0.4, 0.5) is 29.0 Å². The van der Waals surface area contributed by atoms with Crippen molar-refractivity contribution < 1.29 is 14.0 Å². The summed E-state index contributed by atoms with van der Waals surface area (Å²) in [6.45, 7) is 6.87. The molecule has 11 heteroatoms. The minimum absolute atomic E-state index is 0.229. The van der Waals surface area contributed by atoms with Crippen LogP contribution in [-0.2, 0) is 9.30 Å². The molecule has 35 heavy (non-hydrogen) atoms. The number of aromatic nitrogens is 3. The summed E-state index contributed by atoms with van der Waals surface area (Å²) >= 11 is 6.39. The molecule has 9 nitrogen and oxygen atoms in total. The first-order valence-corrected chi connectivity index (χ1v) is 14.3. The van der Waals surface area contributed by atoms with E-state index < -0.39 is 7.14 Å². The number of benzene rings is 1. The maximum atomic E-state index is 12.7. The Morgan fingerprint density at radius 2 is 1.94 bits per heavy atom. The minimum Gasteiger partial charge on any atom is -0.491 e. The van der Waals surface area contributed by atoms with Crippen molar-refractivity contribution >= 4 is 53.0 Å². The molecule has 2 aliphatic rings. The molecule has 2 fully saturated rings. The predicted octanol–water partition coefficient (Wildman–Crippen LogP) is 4.50. The molecule has 0 amide bonds. The van der Waals surface area contributed by atoms with Crippen molar-refractivity contribution in [2.75, 3.05) is 62.3 Å². The van der Waals surface area contributed by atoms with Gasteiger partial charge in [-0.05, 0) is 37.9 Å². The molecule has 184 valence electrons. The van der Waals surface area contributed by atoms with E-state index in [9.17, 15) is 4.57 Å². The number of hydrogen-bond acceptors (Lipinski definition) is 9. The number of methoxy groups -OCH3 is 1. The lowest BCUT2D eigenvalue weighted by Crippen LogP contribution is -2.57. The Balaban J connectivity index is 1.39. The number of rotatable bonds is 7. The molecule has 1 spiro atoms. The molecule has 5 rings (SSSR count). The lowest BCUT2D eigenvalue weighted by molar-refractivity contribution is 0.130. The predicted molar refractivity (Wildman–Crippen MR) is 140 cm³/mol. The molecule has 2 aromatic heterocycles. The molecular weight excluding hydrogens is 487 g/mol. The number of para-hydroxylation sites is 1. The summed E-state index contributed by atoms with van der Waals surface area (Å²) in [5, 5.41) is 7.53. The third-order valence-corrected chi connectivity index (χ3v) is 8.18. The maximum absolute atomic E-state index is 12.7. The van der Waals surface area contributed by atoms with Gasteiger partial charge in [-0.3, -0.25) is 0 Å². The zero-order chi connectivity index (χ0) is 24.6.